The maximum Gasteiger partial charge on any atom is 0.333 e. The van der Waals surface area contributed by atoms with E-state index in [0.717, 1.165) is 24.0 Å². The van der Waals surface area contributed by atoms with Gasteiger partial charge in [0.15, 0.2) is 0 Å². The fraction of sp³-hybridized carbons (Fsp3) is 0.385. The number of carboxylic acid groups (broad SMARTS) is 4. The molecule has 0 aliphatic heterocycles. The summed E-state index contributed by atoms with van der Waals surface area (Å²) in [6.07, 6.45) is 0.606. The van der Waals surface area contributed by atoms with Crippen LogP contribution < -0.4 is 10.4 Å². The van der Waals surface area contributed by atoms with Crippen molar-refractivity contribution in [1.82, 2.24) is 0 Å². The van der Waals surface area contributed by atoms with Gasteiger partial charge in [-0.3, -0.25) is 9.59 Å². The zero-order valence-corrected chi connectivity index (χ0v) is 19.6. The van der Waals surface area contributed by atoms with Crippen LogP contribution in [0.1, 0.15) is 51.7 Å². The molecule has 2 unspecified atom stereocenters. The number of aliphatic carboxylic acids is 4. The highest BCUT2D eigenvalue weighted by Crippen LogP contribution is 2.56. The molecule has 2 aromatic rings. The van der Waals surface area contributed by atoms with Crippen molar-refractivity contribution in [2.24, 2.45) is 10.8 Å². The second kappa shape index (κ2) is 8.59. The third-order valence-electron chi connectivity index (χ3n) is 7.40. The molecule has 0 bridgehead atoms. The van der Waals surface area contributed by atoms with E-state index in [1.165, 1.54) is 26.0 Å². The first kappa shape index (κ1) is 25.0. The lowest BCUT2D eigenvalue weighted by Crippen LogP contribution is -2.62. The Morgan fingerprint density at radius 1 is 0.618 bits per heavy atom. The van der Waals surface area contributed by atoms with E-state index < -0.39 is 58.7 Å². The molecule has 1 aliphatic carbocycles. The predicted octanol–water partition coefficient (Wildman–Crippen LogP) is 2.41. The molecule has 4 N–H and O–H groups in total. The second-order valence-electron chi connectivity index (χ2n) is 8.56. The average molecular weight is 469 g/mol. The van der Waals surface area contributed by atoms with Crippen LogP contribution in [0, 0.1) is 10.8 Å². The van der Waals surface area contributed by atoms with Crippen LogP contribution >= 0.6 is 0 Å². The second-order valence-corrected chi connectivity index (χ2v) is 8.56. The molecule has 3 rings (SSSR count). The van der Waals surface area contributed by atoms with Crippen molar-refractivity contribution < 1.29 is 39.6 Å². The Bertz CT molecular complexity index is 1260. The normalized spacial score (nSPS) is 21.9. The van der Waals surface area contributed by atoms with Crippen molar-refractivity contribution in [1.29, 1.82) is 0 Å². The molecular formula is C26H28O8. The molecular weight excluding hydrogens is 440 g/mol. The maximum atomic E-state index is 12.8. The molecule has 180 valence electrons. The number of benzene rings is 2. The summed E-state index contributed by atoms with van der Waals surface area (Å²) in [4.78, 5) is 50.8. The molecule has 0 radical (unpaired) electrons. The first-order chi connectivity index (χ1) is 16.0. The molecule has 0 saturated carbocycles. The smallest absolute Gasteiger partial charge is 0.333 e. The van der Waals surface area contributed by atoms with Gasteiger partial charge in [0, 0.05) is 0 Å². The van der Waals surface area contributed by atoms with Gasteiger partial charge in [0.2, 0.25) is 0 Å². The van der Waals surface area contributed by atoms with Gasteiger partial charge in [-0.1, -0.05) is 39.8 Å². The van der Waals surface area contributed by atoms with Gasteiger partial charge in [0.1, 0.15) is 10.8 Å². The molecule has 0 fully saturated rings. The molecule has 0 saturated heterocycles. The van der Waals surface area contributed by atoms with Gasteiger partial charge in [-0.05, 0) is 70.2 Å². The standard InChI is InChI=1S/C26H28O8/c1-5-13-9-15-11-17-18(12-16(15)10-14(13)6-2)20(22(29)30)26(8-4,24(33)34)25(7-3,23(31)32)19(17)21(27)28/h9-12H,5-8H2,1-4H3,(H,27,28)(H,29,30)(H,31,32)(H,33,34). The number of carboxylic acids is 4. The Labute approximate surface area is 195 Å². The minimum atomic E-state index is -2.50. The van der Waals surface area contributed by atoms with Crippen LogP contribution in [0.15, 0.2) is 24.3 Å². The van der Waals surface area contributed by atoms with Crippen molar-refractivity contribution in [3.05, 3.63) is 45.8 Å². The Kier molecular flexibility index (Phi) is 6.30. The number of carbonyl (C=O) groups is 4. The minimum absolute atomic E-state index is 0.0710. The Balaban J connectivity index is 2.83. The van der Waals surface area contributed by atoms with Crippen LogP contribution in [-0.2, 0) is 32.0 Å². The first-order valence-electron chi connectivity index (χ1n) is 11.3. The van der Waals surface area contributed by atoms with Crippen molar-refractivity contribution >= 4 is 45.8 Å². The van der Waals surface area contributed by atoms with Gasteiger partial charge >= 0.3 is 23.9 Å². The maximum absolute atomic E-state index is 12.8. The lowest BCUT2D eigenvalue weighted by molar-refractivity contribution is -0.166. The number of hydrogen-bond acceptors (Lipinski definition) is 4. The monoisotopic (exact) mass is 468 g/mol. The van der Waals surface area contributed by atoms with Crippen molar-refractivity contribution in [2.75, 3.05) is 0 Å². The van der Waals surface area contributed by atoms with Gasteiger partial charge < -0.3 is 20.4 Å². The summed E-state index contributed by atoms with van der Waals surface area (Å²) in [6, 6.07) is 6.76. The molecule has 0 heterocycles. The first-order valence-corrected chi connectivity index (χ1v) is 11.3. The number of aryl methyl sites for hydroxylation is 2. The van der Waals surface area contributed by atoms with Gasteiger partial charge in [-0.15, -0.1) is 0 Å². The highest BCUT2D eigenvalue weighted by molar-refractivity contribution is 6.26. The van der Waals surface area contributed by atoms with Gasteiger partial charge in [-0.25, -0.2) is 9.59 Å². The van der Waals surface area contributed by atoms with Crippen LogP contribution in [0.4, 0.5) is 0 Å². The van der Waals surface area contributed by atoms with E-state index in [0.29, 0.717) is 10.8 Å². The zero-order chi connectivity index (χ0) is 25.6. The lowest BCUT2D eigenvalue weighted by atomic mass is 9.51. The van der Waals surface area contributed by atoms with Crippen LogP contribution in [0.3, 0.4) is 0 Å². The van der Waals surface area contributed by atoms with Crippen molar-refractivity contribution in [2.45, 2.75) is 53.4 Å². The topological polar surface area (TPSA) is 149 Å². The fourth-order valence-electron chi connectivity index (χ4n) is 5.84. The Hall–Kier alpha value is -3.68. The molecule has 1 aliphatic rings. The van der Waals surface area contributed by atoms with Crippen LogP contribution in [0.5, 0.6) is 0 Å². The number of fused-ring (bicyclic) bond motifs is 2. The summed E-state index contributed by atoms with van der Waals surface area (Å²) < 4.78 is 0. The molecule has 2 atom stereocenters. The highest BCUT2D eigenvalue weighted by Gasteiger charge is 2.68. The van der Waals surface area contributed by atoms with E-state index in [1.807, 2.05) is 26.0 Å². The van der Waals surface area contributed by atoms with Crippen molar-refractivity contribution in [3.8, 4) is 0 Å². The van der Waals surface area contributed by atoms with Gasteiger partial charge in [-0.2, -0.15) is 0 Å². The summed E-state index contributed by atoms with van der Waals surface area (Å²) in [5, 5.41) is 42.3. The molecule has 0 spiro atoms. The van der Waals surface area contributed by atoms with E-state index in [4.69, 9.17) is 0 Å². The number of hydrogen-bond donors (Lipinski definition) is 4. The molecule has 8 nitrogen and oxygen atoms in total. The molecule has 0 aromatic heterocycles. The van der Waals surface area contributed by atoms with E-state index in [1.54, 1.807) is 0 Å². The van der Waals surface area contributed by atoms with Crippen molar-refractivity contribution in [3.63, 3.8) is 0 Å². The third-order valence-corrected chi connectivity index (χ3v) is 7.40. The zero-order valence-electron chi connectivity index (χ0n) is 19.6. The molecule has 0 amide bonds. The largest absolute Gasteiger partial charge is 0.481 e. The highest BCUT2D eigenvalue weighted by atomic mass is 16.4. The van der Waals surface area contributed by atoms with E-state index in [2.05, 4.69) is 0 Å². The quantitative estimate of drug-likeness (QED) is 0.461. The molecule has 34 heavy (non-hydrogen) atoms. The SMILES string of the molecule is CCc1cc2cc3c(cc2cc1CC)=C(C(=O)O)C(CC)(C(=O)O)C(CC)(C(=O)O)C=3C(=O)O. The lowest BCUT2D eigenvalue weighted by Gasteiger charge is -2.46. The van der Waals surface area contributed by atoms with E-state index >= 15 is 0 Å². The molecule has 8 heteroatoms. The summed E-state index contributed by atoms with van der Waals surface area (Å²) in [6.45, 7) is 6.72. The van der Waals surface area contributed by atoms with Gasteiger partial charge in [0.05, 0.1) is 11.1 Å². The van der Waals surface area contributed by atoms with Crippen LogP contribution in [0.25, 0.3) is 21.9 Å². The van der Waals surface area contributed by atoms with Gasteiger partial charge in [0.25, 0.3) is 0 Å². The third kappa shape index (κ3) is 3.04. The minimum Gasteiger partial charge on any atom is -0.481 e. The van der Waals surface area contributed by atoms with E-state index in [-0.39, 0.29) is 10.4 Å². The van der Waals surface area contributed by atoms with E-state index in [9.17, 15) is 39.6 Å². The Morgan fingerprint density at radius 2 is 0.941 bits per heavy atom. The summed E-state index contributed by atoms with van der Waals surface area (Å²) in [7, 11) is 0. The fourth-order valence-corrected chi connectivity index (χ4v) is 5.84. The molecule has 2 aromatic carbocycles. The predicted molar refractivity (Wildman–Crippen MR) is 125 cm³/mol. The Morgan fingerprint density at radius 3 is 1.15 bits per heavy atom. The summed E-state index contributed by atoms with van der Waals surface area (Å²) >= 11 is 0. The van der Waals surface area contributed by atoms with Crippen LogP contribution in [-0.4, -0.2) is 44.3 Å². The summed E-state index contributed by atoms with van der Waals surface area (Å²) in [5.74, 6) is -6.54. The summed E-state index contributed by atoms with van der Waals surface area (Å²) in [5.41, 5.74) is -4.12. The number of rotatable bonds is 8. The van der Waals surface area contributed by atoms with Crippen LogP contribution in [0.2, 0.25) is 0 Å². The average Bonchev–Trinajstić information content (AvgIpc) is 2.78.